The first-order chi connectivity index (χ1) is 10.2. The molecule has 1 aromatic heterocycles. The lowest BCUT2D eigenvalue weighted by Gasteiger charge is -2.32. The molecule has 0 atom stereocenters. The zero-order valence-corrected chi connectivity index (χ0v) is 13.3. The van der Waals surface area contributed by atoms with E-state index in [1.807, 2.05) is 17.0 Å². The van der Waals surface area contributed by atoms with E-state index >= 15 is 0 Å². The maximum atomic E-state index is 12.4. The third kappa shape index (κ3) is 3.32. The molecule has 108 valence electrons. The van der Waals surface area contributed by atoms with Crippen molar-refractivity contribution in [3.05, 3.63) is 64.4 Å². The lowest BCUT2D eigenvalue weighted by Crippen LogP contribution is -2.38. The zero-order valence-electron chi connectivity index (χ0n) is 11.7. The second-order valence-electron chi connectivity index (χ2n) is 5.34. The summed E-state index contributed by atoms with van der Waals surface area (Å²) in [5.41, 5.74) is 1.91. The van der Waals surface area contributed by atoms with Crippen molar-refractivity contribution in [1.82, 2.24) is 9.88 Å². The highest BCUT2D eigenvalue weighted by molar-refractivity contribution is 9.10. The molecule has 0 radical (unpaired) electrons. The van der Waals surface area contributed by atoms with Crippen LogP contribution < -0.4 is 0 Å². The monoisotopic (exact) mass is 344 g/mol. The molecule has 4 heteroatoms. The number of pyridine rings is 1. The van der Waals surface area contributed by atoms with Gasteiger partial charge in [-0.25, -0.2) is 4.98 Å². The topological polar surface area (TPSA) is 33.2 Å². The summed E-state index contributed by atoms with van der Waals surface area (Å²) in [7, 11) is 0. The van der Waals surface area contributed by atoms with Gasteiger partial charge in [0.05, 0.1) is 0 Å². The quantitative estimate of drug-likeness (QED) is 0.828. The van der Waals surface area contributed by atoms with Gasteiger partial charge < -0.3 is 4.90 Å². The van der Waals surface area contributed by atoms with Gasteiger partial charge in [0.15, 0.2) is 0 Å². The molecule has 1 aromatic carbocycles. The van der Waals surface area contributed by atoms with E-state index in [-0.39, 0.29) is 5.91 Å². The van der Waals surface area contributed by atoms with Gasteiger partial charge in [-0.05, 0) is 52.4 Å². The summed E-state index contributed by atoms with van der Waals surface area (Å²) in [6.07, 6.45) is 3.71. The van der Waals surface area contributed by atoms with Crippen LogP contribution in [0.15, 0.2) is 53.1 Å². The fourth-order valence-corrected chi connectivity index (χ4v) is 3.04. The Morgan fingerprint density at radius 2 is 1.81 bits per heavy atom. The van der Waals surface area contributed by atoms with E-state index in [1.54, 1.807) is 12.3 Å². The number of benzene rings is 1. The van der Waals surface area contributed by atoms with Gasteiger partial charge in [-0.15, -0.1) is 0 Å². The predicted molar refractivity (Wildman–Crippen MR) is 86.3 cm³/mol. The lowest BCUT2D eigenvalue weighted by atomic mass is 9.89. The lowest BCUT2D eigenvalue weighted by molar-refractivity contribution is 0.0707. The number of rotatable bonds is 2. The van der Waals surface area contributed by atoms with Crippen LogP contribution in [0.2, 0.25) is 0 Å². The fourth-order valence-electron chi connectivity index (χ4n) is 2.81. The Morgan fingerprint density at radius 1 is 1.10 bits per heavy atom. The van der Waals surface area contributed by atoms with Gasteiger partial charge in [-0.1, -0.05) is 30.3 Å². The molecule has 3 rings (SSSR count). The van der Waals surface area contributed by atoms with Crippen molar-refractivity contribution in [3.8, 4) is 0 Å². The highest BCUT2D eigenvalue weighted by atomic mass is 79.9. The van der Waals surface area contributed by atoms with Crippen LogP contribution in [0.1, 0.15) is 34.8 Å². The molecule has 1 fully saturated rings. The van der Waals surface area contributed by atoms with Crippen molar-refractivity contribution in [3.63, 3.8) is 0 Å². The van der Waals surface area contributed by atoms with Crippen LogP contribution in [0.4, 0.5) is 0 Å². The van der Waals surface area contributed by atoms with E-state index in [0.717, 1.165) is 30.4 Å². The minimum atomic E-state index is 0.0361. The number of hydrogen-bond acceptors (Lipinski definition) is 2. The second kappa shape index (κ2) is 6.39. The van der Waals surface area contributed by atoms with E-state index in [2.05, 4.69) is 45.2 Å². The predicted octanol–water partition coefficient (Wildman–Crippen LogP) is 3.86. The number of hydrogen-bond donors (Lipinski definition) is 0. The van der Waals surface area contributed by atoms with Crippen molar-refractivity contribution in [2.24, 2.45) is 0 Å². The maximum absolute atomic E-state index is 12.4. The van der Waals surface area contributed by atoms with Crippen LogP contribution >= 0.6 is 15.9 Å². The summed E-state index contributed by atoms with van der Waals surface area (Å²) >= 11 is 3.34. The molecule has 0 bridgehead atoms. The van der Waals surface area contributed by atoms with Crippen LogP contribution in [-0.4, -0.2) is 28.9 Å². The van der Waals surface area contributed by atoms with E-state index < -0.39 is 0 Å². The summed E-state index contributed by atoms with van der Waals surface area (Å²) in [5.74, 6) is 0.599. The third-order valence-corrected chi connectivity index (χ3v) is 4.47. The molecule has 21 heavy (non-hydrogen) atoms. The Morgan fingerprint density at radius 3 is 2.43 bits per heavy atom. The van der Waals surface area contributed by atoms with Crippen LogP contribution in [0.5, 0.6) is 0 Å². The molecule has 2 heterocycles. The fraction of sp³-hybridized carbons (Fsp3) is 0.294. The summed E-state index contributed by atoms with van der Waals surface area (Å²) in [6, 6.07) is 14.2. The van der Waals surface area contributed by atoms with Crippen LogP contribution in [-0.2, 0) is 0 Å². The number of carbonyl (C=O) groups excluding carboxylic acids is 1. The van der Waals surface area contributed by atoms with Crippen LogP contribution in [0.25, 0.3) is 0 Å². The van der Waals surface area contributed by atoms with E-state index in [1.165, 1.54) is 5.56 Å². The van der Waals surface area contributed by atoms with E-state index in [0.29, 0.717) is 11.6 Å². The summed E-state index contributed by atoms with van der Waals surface area (Å²) < 4.78 is 0.891. The van der Waals surface area contributed by atoms with Gasteiger partial charge in [0.25, 0.3) is 5.91 Å². The number of halogens is 1. The Hall–Kier alpha value is -1.68. The molecule has 3 nitrogen and oxygen atoms in total. The average molecular weight is 345 g/mol. The smallest absolute Gasteiger partial charge is 0.272 e. The molecule has 1 amide bonds. The number of likely N-dealkylation sites (tertiary alicyclic amines) is 1. The van der Waals surface area contributed by atoms with E-state index in [4.69, 9.17) is 0 Å². The van der Waals surface area contributed by atoms with Gasteiger partial charge in [-0.2, -0.15) is 0 Å². The summed E-state index contributed by atoms with van der Waals surface area (Å²) in [4.78, 5) is 18.5. The van der Waals surface area contributed by atoms with Gasteiger partial charge in [-0.3, -0.25) is 4.79 Å². The van der Waals surface area contributed by atoms with Crippen molar-refractivity contribution >= 4 is 21.8 Å². The Balaban J connectivity index is 1.63. The molecule has 2 aromatic rings. The zero-order chi connectivity index (χ0) is 14.7. The van der Waals surface area contributed by atoms with Gasteiger partial charge in [0, 0.05) is 23.8 Å². The average Bonchev–Trinajstić information content (AvgIpc) is 2.56. The normalized spacial score (nSPS) is 16.0. The first-order valence-corrected chi connectivity index (χ1v) is 7.99. The van der Waals surface area contributed by atoms with Crippen molar-refractivity contribution in [2.75, 3.05) is 13.1 Å². The van der Waals surface area contributed by atoms with Crippen LogP contribution in [0, 0.1) is 0 Å². The standard InChI is InChI=1S/C17H17BrN2O/c18-15-6-7-16(19-12-15)17(21)20-10-8-14(9-11-20)13-4-2-1-3-5-13/h1-7,12,14H,8-11H2. The number of aromatic nitrogens is 1. The molecular weight excluding hydrogens is 328 g/mol. The molecule has 0 saturated carbocycles. The molecule has 1 aliphatic rings. The minimum absolute atomic E-state index is 0.0361. The van der Waals surface area contributed by atoms with Crippen molar-refractivity contribution in [1.29, 1.82) is 0 Å². The Kier molecular flexibility index (Phi) is 4.34. The van der Waals surface area contributed by atoms with Gasteiger partial charge >= 0.3 is 0 Å². The SMILES string of the molecule is O=C(c1ccc(Br)cn1)N1CCC(c2ccccc2)CC1. The molecule has 0 N–H and O–H groups in total. The van der Waals surface area contributed by atoms with Gasteiger partial charge in [0.1, 0.15) is 5.69 Å². The molecule has 0 spiro atoms. The molecule has 1 saturated heterocycles. The maximum Gasteiger partial charge on any atom is 0.272 e. The van der Waals surface area contributed by atoms with Crippen molar-refractivity contribution < 1.29 is 4.79 Å². The largest absolute Gasteiger partial charge is 0.337 e. The second-order valence-corrected chi connectivity index (χ2v) is 6.25. The first-order valence-electron chi connectivity index (χ1n) is 7.20. The first kappa shape index (κ1) is 14.3. The van der Waals surface area contributed by atoms with Gasteiger partial charge in [0.2, 0.25) is 0 Å². The van der Waals surface area contributed by atoms with Crippen molar-refractivity contribution in [2.45, 2.75) is 18.8 Å². The highest BCUT2D eigenvalue weighted by Crippen LogP contribution is 2.28. The number of carbonyl (C=O) groups is 1. The minimum Gasteiger partial charge on any atom is -0.337 e. The Bertz CT molecular complexity index is 604. The molecule has 0 unspecified atom stereocenters. The van der Waals surface area contributed by atoms with E-state index in [9.17, 15) is 4.79 Å². The summed E-state index contributed by atoms with van der Waals surface area (Å²) in [5, 5.41) is 0. The molecule has 0 aliphatic carbocycles. The highest BCUT2D eigenvalue weighted by Gasteiger charge is 2.24. The number of nitrogens with zero attached hydrogens (tertiary/aromatic N) is 2. The third-order valence-electron chi connectivity index (χ3n) is 4.00. The molecular formula is C17H17BrN2O. The molecule has 1 aliphatic heterocycles. The van der Waals surface area contributed by atoms with Crippen LogP contribution in [0.3, 0.4) is 0 Å². The number of amides is 1. The number of piperidine rings is 1. The summed E-state index contributed by atoms with van der Waals surface area (Å²) in [6.45, 7) is 1.60. The Labute approximate surface area is 133 Å².